The van der Waals surface area contributed by atoms with E-state index in [-0.39, 0.29) is 35.5 Å². The van der Waals surface area contributed by atoms with Gasteiger partial charge in [-0.1, -0.05) is 40.2 Å². The third kappa shape index (κ3) is 3.40. The average molecular weight is 431 g/mol. The van der Waals surface area contributed by atoms with E-state index in [0.717, 1.165) is 16.5 Å². The number of fused-ring (bicyclic) bond motifs is 5. The topological polar surface area (TPSA) is 73.8 Å². The SMILES string of the molecule is CN=C(NCCN1C(=O)C2C3C=CC(C3)C2C1=O)NCc1cccc(Br)c1. The predicted octanol–water partition coefficient (Wildman–Crippen LogP) is 1.92. The van der Waals surface area contributed by atoms with Crippen molar-refractivity contribution < 1.29 is 9.59 Å². The van der Waals surface area contributed by atoms with Gasteiger partial charge in [-0.25, -0.2) is 0 Å². The number of amides is 2. The summed E-state index contributed by atoms with van der Waals surface area (Å²) in [6, 6.07) is 8.05. The Balaban J connectivity index is 1.28. The number of benzene rings is 1. The molecule has 3 aliphatic rings. The van der Waals surface area contributed by atoms with Crippen molar-refractivity contribution >= 4 is 33.7 Å². The number of aliphatic imine (C=N–C) groups is 1. The number of imide groups is 1. The fourth-order valence-electron chi connectivity index (χ4n) is 4.52. The number of nitrogens with one attached hydrogen (secondary N) is 2. The molecule has 7 heteroatoms. The zero-order valence-electron chi connectivity index (χ0n) is 15.2. The second kappa shape index (κ2) is 7.46. The Hall–Kier alpha value is -2.15. The van der Waals surface area contributed by atoms with Gasteiger partial charge in [-0.3, -0.25) is 19.5 Å². The number of hydrogen-bond acceptors (Lipinski definition) is 3. The van der Waals surface area contributed by atoms with Crippen LogP contribution in [-0.2, 0) is 16.1 Å². The molecule has 1 aliphatic heterocycles. The predicted molar refractivity (Wildman–Crippen MR) is 107 cm³/mol. The van der Waals surface area contributed by atoms with E-state index in [1.807, 2.05) is 24.3 Å². The summed E-state index contributed by atoms with van der Waals surface area (Å²) in [6.45, 7) is 1.50. The van der Waals surface area contributed by atoms with E-state index >= 15 is 0 Å². The molecule has 0 aromatic heterocycles. The Labute approximate surface area is 167 Å². The number of nitrogens with zero attached hydrogens (tertiary/aromatic N) is 2. The van der Waals surface area contributed by atoms with E-state index in [4.69, 9.17) is 0 Å². The van der Waals surface area contributed by atoms with Gasteiger partial charge >= 0.3 is 0 Å². The Morgan fingerprint density at radius 3 is 2.52 bits per heavy atom. The van der Waals surface area contributed by atoms with Crippen LogP contribution in [0.25, 0.3) is 0 Å². The quantitative estimate of drug-likeness (QED) is 0.324. The van der Waals surface area contributed by atoms with Crippen molar-refractivity contribution in [2.24, 2.45) is 28.7 Å². The van der Waals surface area contributed by atoms with Gasteiger partial charge in [0.1, 0.15) is 0 Å². The molecule has 0 radical (unpaired) electrons. The molecular weight excluding hydrogens is 408 g/mol. The van der Waals surface area contributed by atoms with Gasteiger partial charge in [0, 0.05) is 31.2 Å². The van der Waals surface area contributed by atoms with Gasteiger partial charge in [-0.2, -0.15) is 0 Å². The molecule has 1 heterocycles. The van der Waals surface area contributed by atoms with Crippen LogP contribution in [0.15, 0.2) is 45.9 Å². The number of hydrogen-bond donors (Lipinski definition) is 2. The molecule has 6 nitrogen and oxygen atoms in total. The molecule has 2 aliphatic carbocycles. The third-order valence-electron chi connectivity index (χ3n) is 5.76. The van der Waals surface area contributed by atoms with Gasteiger partial charge in [0.15, 0.2) is 5.96 Å². The summed E-state index contributed by atoms with van der Waals surface area (Å²) in [4.78, 5) is 31.0. The van der Waals surface area contributed by atoms with Crippen LogP contribution in [-0.4, -0.2) is 42.8 Å². The molecule has 4 atom stereocenters. The Morgan fingerprint density at radius 1 is 1.19 bits per heavy atom. The molecule has 4 unspecified atom stereocenters. The molecule has 0 spiro atoms. The minimum Gasteiger partial charge on any atom is -0.355 e. The minimum absolute atomic E-state index is 0.000678. The highest BCUT2D eigenvalue weighted by molar-refractivity contribution is 9.10. The Kier molecular flexibility index (Phi) is 5.04. The van der Waals surface area contributed by atoms with E-state index in [2.05, 4.69) is 43.7 Å². The maximum atomic E-state index is 12.7. The standard InChI is InChI=1S/C20H23BrN4O2/c1-22-20(24-11-12-3-2-4-15(21)9-12)23-7-8-25-18(26)16-13-5-6-14(10-13)17(16)19(25)27/h2-6,9,13-14,16-17H,7-8,10-11H2,1H3,(H2,22,23,24). The lowest BCUT2D eigenvalue weighted by atomic mass is 9.85. The van der Waals surface area contributed by atoms with Crippen LogP contribution < -0.4 is 10.6 Å². The van der Waals surface area contributed by atoms with Crippen LogP contribution >= 0.6 is 15.9 Å². The van der Waals surface area contributed by atoms with Gasteiger partial charge in [-0.05, 0) is 36.0 Å². The number of likely N-dealkylation sites (tertiary alicyclic amines) is 1. The van der Waals surface area contributed by atoms with Crippen molar-refractivity contribution in [3.63, 3.8) is 0 Å². The van der Waals surface area contributed by atoms with Crippen LogP contribution in [0.4, 0.5) is 0 Å². The number of rotatable bonds is 5. The molecule has 2 amide bonds. The number of halogens is 1. The summed E-state index contributed by atoms with van der Waals surface area (Å²) >= 11 is 3.46. The van der Waals surface area contributed by atoms with E-state index in [0.29, 0.717) is 25.6 Å². The highest BCUT2D eigenvalue weighted by atomic mass is 79.9. The lowest BCUT2D eigenvalue weighted by Gasteiger charge is -2.18. The lowest BCUT2D eigenvalue weighted by molar-refractivity contribution is -0.140. The number of carbonyl (C=O) groups is 2. The fourth-order valence-corrected chi connectivity index (χ4v) is 4.97. The van der Waals surface area contributed by atoms with E-state index in [1.165, 1.54) is 4.90 Å². The van der Waals surface area contributed by atoms with Crippen LogP contribution in [0, 0.1) is 23.7 Å². The first-order chi connectivity index (χ1) is 13.1. The highest BCUT2D eigenvalue weighted by Crippen LogP contribution is 2.52. The van der Waals surface area contributed by atoms with Crippen molar-refractivity contribution in [3.05, 3.63) is 46.5 Å². The molecule has 27 heavy (non-hydrogen) atoms. The fraction of sp³-hybridized carbons (Fsp3) is 0.450. The van der Waals surface area contributed by atoms with Crippen LogP contribution in [0.1, 0.15) is 12.0 Å². The normalized spacial score (nSPS) is 28.8. The zero-order valence-corrected chi connectivity index (χ0v) is 16.8. The molecule has 142 valence electrons. The summed E-state index contributed by atoms with van der Waals surface area (Å²) in [6.07, 6.45) is 5.20. The number of carbonyl (C=O) groups excluding carboxylic acids is 2. The van der Waals surface area contributed by atoms with Gasteiger partial charge in [-0.15, -0.1) is 0 Å². The summed E-state index contributed by atoms with van der Waals surface area (Å²) in [5.41, 5.74) is 1.13. The van der Waals surface area contributed by atoms with Gasteiger partial charge in [0.2, 0.25) is 11.8 Å². The van der Waals surface area contributed by atoms with E-state index < -0.39 is 0 Å². The van der Waals surface area contributed by atoms with Gasteiger partial charge in [0.25, 0.3) is 0 Å². The molecule has 4 rings (SSSR count). The van der Waals surface area contributed by atoms with Crippen LogP contribution in [0.5, 0.6) is 0 Å². The average Bonchev–Trinajstić information content (AvgIpc) is 3.34. The Morgan fingerprint density at radius 2 is 1.89 bits per heavy atom. The first-order valence-corrected chi connectivity index (χ1v) is 10.1. The van der Waals surface area contributed by atoms with Gasteiger partial charge in [0.05, 0.1) is 11.8 Å². The third-order valence-corrected chi connectivity index (χ3v) is 6.26. The van der Waals surface area contributed by atoms with E-state index in [1.54, 1.807) is 7.05 Å². The van der Waals surface area contributed by atoms with Crippen molar-refractivity contribution in [2.75, 3.05) is 20.1 Å². The van der Waals surface area contributed by atoms with Crippen molar-refractivity contribution in [3.8, 4) is 0 Å². The molecule has 2 fully saturated rings. The summed E-state index contributed by atoms with van der Waals surface area (Å²) in [5.74, 6) is 0.920. The first kappa shape index (κ1) is 18.2. The lowest BCUT2D eigenvalue weighted by Crippen LogP contribution is -2.43. The second-order valence-electron chi connectivity index (χ2n) is 7.31. The van der Waals surface area contributed by atoms with Crippen LogP contribution in [0.2, 0.25) is 0 Å². The summed E-state index contributed by atoms with van der Waals surface area (Å²) in [5, 5.41) is 6.44. The molecule has 1 aromatic carbocycles. The second-order valence-corrected chi connectivity index (χ2v) is 8.23. The van der Waals surface area contributed by atoms with Crippen LogP contribution in [0.3, 0.4) is 0 Å². The number of guanidine groups is 1. The molecule has 2 N–H and O–H groups in total. The van der Waals surface area contributed by atoms with E-state index in [9.17, 15) is 9.59 Å². The van der Waals surface area contributed by atoms with Crippen molar-refractivity contribution in [1.29, 1.82) is 0 Å². The maximum Gasteiger partial charge on any atom is 0.233 e. The van der Waals surface area contributed by atoms with Crippen molar-refractivity contribution in [2.45, 2.75) is 13.0 Å². The first-order valence-electron chi connectivity index (χ1n) is 9.31. The maximum absolute atomic E-state index is 12.7. The number of allylic oxidation sites excluding steroid dienone is 2. The molecule has 2 bridgehead atoms. The monoisotopic (exact) mass is 430 g/mol. The highest BCUT2D eigenvalue weighted by Gasteiger charge is 2.58. The molecule has 1 aromatic rings. The molecule has 1 saturated heterocycles. The minimum atomic E-state index is -0.124. The Bertz CT molecular complexity index is 792. The van der Waals surface area contributed by atoms with Crippen molar-refractivity contribution in [1.82, 2.24) is 15.5 Å². The molecular formula is C20H23BrN4O2. The smallest absolute Gasteiger partial charge is 0.233 e. The largest absolute Gasteiger partial charge is 0.355 e. The summed E-state index contributed by atoms with van der Waals surface area (Å²) in [7, 11) is 1.70. The summed E-state index contributed by atoms with van der Waals surface area (Å²) < 4.78 is 1.03. The zero-order chi connectivity index (χ0) is 19.0. The molecule has 1 saturated carbocycles. The van der Waals surface area contributed by atoms with Gasteiger partial charge < -0.3 is 10.6 Å².